The van der Waals surface area contributed by atoms with Crippen LogP contribution < -0.4 is 14.8 Å². The molecule has 27 heavy (non-hydrogen) atoms. The first-order valence-electron chi connectivity index (χ1n) is 8.84. The molecule has 0 aliphatic carbocycles. The van der Waals surface area contributed by atoms with Crippen molar-refractivity contribution in [2.24, 2.45) is 0 Å². The monoisotopic (exact) mass is 380 g/mol. The molecule has 0 spiro atoms. The SMILES string of the molecule is Cc1ccccc1-c1csc(NC(=O)C(C)c2ccc3c(c2)OCCO3)n1. The molecule has 138 valence electrons. The first-order chi connectivity index (χ1) is 13.1. The molecule has 6 heteroatoms. The van der Waals surface area contributed by atoms with E-state index >= 15 is 0 Å². The van der Waals surface area contributed by atoms with Gasteiger partial charge < -0.3 is 14.8 Å². The third-order valence-corrected chi connectivity index (χ3v) is 5.37. The molecular formula is C21H20N2O3S. The summed E-state index contributed by atoms with van der Waals surface area (Å²) in [4.78, 5) is 17.2. The van der Waals surface area contributed by atoms with E-state index in [1.54, 1.807) is 0 Å². The van der Waals surface area contributed by atoms with Gasteiger partial charge in [-0.05, 0) is 37.1 Å². The maximum atomic E-state index is 12.7. The summed E-state index contributed by atoms with van der Waals surface area (Å²) in [7, 11) is 0. The molecule has 2 heterocycles. The Labute approximate surface area is 162 Å². The van der Waals surface area contributed by atoms with Gasteiger partial charge in [0.1, 0.15) is 13.2 Å². The predicted molar refractivity (Wildman–Crippen MR) is 107 cm³/mol. The Hall–Kier alpha value is -2.86. The van der Waals surface area contributed by atoms with Crippen LogP contribution in [0, 0.1) is 6.92 Å². The van der Waals surface area contributed by atoms with E-state index in [1.165, 1.54) is 11.3 Å². The van der Waals surface area contributed by atoms with Gasteiger partial charge in [-0.25, -0.2) is 4.98 Å². The second-order valence-electron chi connectivity index (χ2n) is 6.47. The fraction of sp³-hybridized carbons (Fsp3) is 0.238. The van der Waals surface area contributed by atoms with Gasteiger partial charge in [0.2, 0.25) is 5.91 Å². The maximum Gasteiger partial charge on any atom is 0.233 e. The van der Waals surface area contributed by atoms with Crippen molar-refractivity contribution in [3.63, 3.8) is 0 Å². The number of aryl methyl sites for hydroxylation is 1. The van der Waals surface area contributed by atoms with E-state index in [2.05, 4.69) is 23.3 Å². The minimum atomic E-state index is -0.327. The molecule has 1 aliphatic rings. The molecule has 1 unspecified atom stereocenters. The Morgan fingerprint density at radius 1 is 1.15 bits per heavy atom. The number of thiazole rings is 1. The standard InChI is InChI=1S/C21H20N2O3S/c1-13-5-3-4-6-16(13)17-12-27-21(22-17)23-20(24)14(2)15-7-8-18-19(11-15)26-10-9-25-18/h3-8,11-12,14H,9-10H2,1-2H3,(H,22,23,24). The van der Waals surface area contributed by atoms with Gasteiger partial charge in [0.15, 0.2) is 16.6 Å². The summed E-state index contributed by atoms with van der Waals surface area (Å²) in [5.41, 5.74) is 3.99. The number of anilines is 1. The highest BCUT2D eigenvalue weighted by Crippen LogP contribution is 2.34. The van der Waals surface area contributed by atoms with E-state index in [1.807, 2.05) is 48.7 Å². The van der Waals surface area contributed by atoms with Gasteiger partial charge >= 0.3 is 0 Å². The Morgan fingerprint density at radius 2 is 1.93 bits per heavy atom. The van der Waals surface area contributed by atoms with Crippen LogP contribution >= 0.6 is 11.3 Å². The molecule has 0 saturated carbocycles. The number of rotatable bonds is 4. The van der Waals surface area contributed by atoms with Crippen molar-refractivity contribution in [1.82, 2.24) is 4.98 Å². The van der Waals surface area contributed by atoms with Crippen LogP contribution in [0.4, 0.5) is 5.13 Å². The van der Waals surface area contributed by atoms with Crippen molar-refractivity contribution in [3.8, 4) is 22.8 Å². The van der Waals surface area contributed by atoms with Crippen LogP contribution in [0.1, 0.15) is 24.0 Å². The van der Waals surface area contributed by atoms with Gasteiger partial charge in [-0.1, -0.05) is 30.3 Å². The largest absolute Gasteiger partial charge is 0.486 e. The van der Waals surface area contributed by atoms with Crippen molar-refractivity contribution in [2.75, 3.05) is 18.5 Å². The molecule has 0 saturated heterocycles. The third-order valence-electron chi connectivity index (χ3n) is 4.61. The van der Waals surface area contributed by atoms with Crippen molar-refractivity contribution in [3.05, 3.63) is 59.0 Å². The zero-order chi connectivity index (χ0) is 18.8. The first-order valence-corrected chi connectivity index (χ1v) is 9.72. The molecule has 3 aromatic rings. The van der Waals surface area contributed by atoms with Crippen LogP contribution in [0.2, 0.25) is 0 Å². The number of nitrogens with one attached hydrogen (secondary N) is 1. The Balaban J connectivity index is 1.48. The van der Waals surface area contributed by atoms with Gasteiger partial charge in [-0.3, -0.25) is 4.79 Å². The highest BCUT2D eigenvalue weighted by Gasteiger charge is 2.20. The maximum absolute atomic E-state index is 12.7. The minimum Gasteiger partial charge on any atom is -0.486 e. The van der Waals surface area contributed by atoms with Crippen molar-refractivity contribution >= 4 is 22.4 Å². The van der Waals surface area contributed by atoms with Crippen molar-refractivity contribution in [1.29, 1.82) is 0 Å². The van der Waals surface area contributed by atoms with Gasteiger partial charge in [0.25, 0.3) is 0 Å². The average molecular weight is 380 g/mol. The molecule has 1 amide bonds. The second-order valence-corrected chi connectivity index (χ2v) is 7.32. The van der Waals surface area contributed by atoms with Gasteiger partial charge in [0.05, 0.1) is 11.6 Å². The normalized spacial score (nSPS) is 13.9. The molecule has 4 rings (SSSR count). The number of nitrogens with zero attached hydrogens (tertiary/aromatic N) is 1. The first kappa shape index (κ1) is 17.5. The molecule has 5 nitrogen and oxygen atoms in total. The molecule has 0 radical (unpaired) electrons. The summed E-state index contributed by atoms with van der Waals surface area (Å²) in [5, 5.41) is 5.49. The molecule has 1 aromatic heterocycles. The molecular weight excluding hydrogens is 360 g/mol. The zero-order valence-electron chi connectivity index (χ0n) is 15.2. The quantitative estimate of drug-likeness (QED) is 0.717. The third kappa shape index (κ3) is 3.66. The molecule has 1 aliphatic heterocycles. The molecule has 0 fully saturated rings. The summed E-state index contributed by atoms with van der Waals surface area (Å²) < 4.78 is 11.1. The number of hydrogen-bond acceptors (Lipinski definition) is 5. The number of ether oxygens (including phenoxy) is 2. The number of hydrogen-bond donors (Lipinski definition) is 1. The lowest BCUT2D eigenvalue weighted by Gasteiger charge is -2.20. The van der Waals surface area contributed by atoms with E-state index in [-0.39, 0.29) is 11.8 Å². The van der Waals surface area contributed by atoms with E-state index in [0.29, 0.717) is 24.1 Å². The Kier molecular flexibility index (Phi) is 4.81. The fourth-order valence-corrected chi connectivity index (χ4v) is 3.72. The van der Waals surface area contributed by atoms with Crippen LogP contribution in [0.5, 0.6) is 11.5 Å². The van der Waals surface area contributed by atoms with Gasteiger partial charge in [-0.15, -0.1) is 11.3 Å². The molecule has 0 bridgehead atoms. The highest BCUT2D eigenvalue weighted by atomic mass is 32.1. The lowest BCUT2D eigenvalue weighted by atomic mass is 10.00. The van der Waals surface area contributed by atoms with Crippen LogP contribution in [0.3, 0.4) is 0 Å². The summed E-state index contributed by atoms with van der Waals surface area (Å²) in [6, 6.07) is 13.7. The average Bonchev–Trinajstić information content (AvgIpc) is 3.15. The molecule has 1 atom stereocenters. The Bertz CT molecular complexity index is 983. The van der Waals surface area contributed by atoms with Crippen molar-refractivity contribution < 1.29 is 14.3 Å². The number of benzene rings is 2. The lowest BCUT2D eigenvalue weighted by Crippen LogP contribution is -2.20. The van der Waals surface area contributed by atoms with Crippen LogP contribution in [-0.2, 0) is 4.79 Å². The van der Waals surface area contributed by atoms with Crippen LogP contribution in [-0.4, -0.2) is 24.1 Å². The predicted octanol–water partition coefficient (Wildman–Crippen LogP) is 4.63. The summed E-state index contributed by atoms with van der Waals surface area (Å²) in [6.07, 6.45) is 0. The van der Waals surface area contributed by atoms with Gasteiger partial charge in [0, 0.05) is 10.9 Å². The number of amides is 1. The van der Waals surface area contributed by atoms with E-state index < -0.39 is 0 Å². The second kappa shape index (κ2) is 7.40. The zero-order valence-corrected chi connectivity index (χ0v) is 16.0. The highest BCUT2D eigenvalue weighted by molar-refractivity contribution is 7.14. The van der Waals surface area contributed by atoms with Crippen LogP contribution in [0.15, 0.2) is 47.8 Å². The summed E-state index contributed by atoms with van der Waals surface area (Å²) >= 11 is 1.43. The number of aromatic nitrogens is 1. The summed E-state index contributed by atoms with van der Waals surface area (Å²) in [6.45, 7) is 5.00. The van der Waals surface area contributed by atoms with Crippen molar-refractivity contribution in [2.45, 2.75) is 19.8 Å². The van der Waals surface area contributed by atoms with E-state index in [4.69, 9.17) is 9.47 Å². The number of carbonyl (C=O) groups is 1. The van der Waals surface area contributed by atoms with Crippen LogP contribution in [0.25, 0.3) is 11.3 Å². The smallest absolute Gasteiger partial charge is 0.233 e. The van der Waals surface area contributed by atoms with E-state index in [0.717, 1.165) is 28.1 Å². The summed E-state index contributed by atoms with van der Waals surface area (Å²) in [5.74, 6) is 0.985. The fourth-order valence-electron chi connectivity index (χ4n) is 3.01. The minimum absolute atomic E-state index is 0.0997. The molecule has 2 aromatic carbocycles. The topological polar surface area (TPSA) is 60.5 Å². The van der Waals surface area contributed by atoms with E-state index in [9.17, 15) is 4.79 Å². The lowest BCUT2D eigenvalue weighted by molar-refractivity contribution is -0.117. The molecule has 1 N–H and O–H groups in total. The van der Waals surface area contributed by atoms with Gasteiger partial charge in [-0.2, -0.15) is 0 Å². The number of carbonyl (C=O) groups excluding carboxylic acids is 1. The Morgan fingerprint density at radius 3 is 2.74 bits per heavy atom. The number of fused-ring (bicyclic) bond motifs is 1.